The highest BCUT2D eigenvalue weighted by molar-refractivity contribution is 7.13. The SMILES string of the molecule is Cc1ccc(C(=O)N2CCOc3ccc(-c4ccc(N)nc4)cc3C2)s1. The van der Waals surface area contributed by atoms with Gasteiger partial charge >= 0.3 is 0 Å². The summed E-state index contributed by atoms with van der Waals surface area (Å²) in [5.41, 5.74) is 8.68. The van der Waals surface area contributed by atoms with Crippen LogP contribution >= 0.6 is 11.3 Å². The van der Waals surface area contributed by atoms with Gasteiger partial charge in [0.25, 0.3) is 5.91 Å². The fraction of sp³-hybridized carbons (Fsp3) is 0.200. The third-order valence-corrected chi connectivity index (χ3v) is 5.39. The molecule has 0 bridgehead atoms. The van der Waals surface area contributed by atoms with Crippen LogP contribution in [0.4, 0.5) is 5.82 Å². The molecule has 26 heavy (non-hydrogen) atoms. The second-order valence-electron chi connectivity index (χ2n) is 6.28. The molecule has 0 aliphatic carbocycles. The summed E-state index contributed by atoms with van der Waals surface area (Å²) in [7, 11) is 0. The zero-order valence-corrected chi connectivity index (χ0v) is 15.3. The number of nitrogens with two attached hydrogens (primary N) is 1. The minimum atomic E-state index is 0.0547. The van der Waals surface area contributed by atoms with Crippen LogP contribution < -0.4 is 10.5 Å². The summed E-state index contributed by atoms with van der Waals surface area (Å²) in [6.07, 6.45) is 1.76. The summed E-state index contributed by atoms with van der Waals surface area (Å²) in [5.74, 6) is 1.38. The van der Waals surface area contributed by atoms with Crippen molar-refractivity contribution >= 4 is 23.1 Å². The van der Waals surface area contributed by atoms with E-state index in [4.69, 9.17) is 10.5 Å². The van der Waals surface area contributed by atoms with Crippen molar-refractivity contribution in [1.29, 1.82) is 0 Å². The summed E-state index contributed by atoms with van der Waals surface area (Å²) in [5, 5.41) is 0. The molecule has 1 aromatic carbocycles. The van der Waals surface area contributed by atoms with Crippen molar-refractivity contribution in [2.24, 2.45) is 0 Å². The Labute approximate surface area is 156 Å². The van der Waals surface area contributed by atoms with Crippen molar-refractivity contribution in [3.05, 3.63) is 64.0 Å². The molecule has 0 atom stereocenters. The van der Waals surface area contributed by atoms with E-state index in [0.717, 1.165) is 32.2 Å². The minimum absolute atomic E-state index is 0.0547. The first kappa shape index (κ1) is 16.6. The van der Waals surface area contributed by atoms with Crippen molar-refractivity contribution in [3.8, 4) is 16.9 Å². The van der Waals surface area contributed by atoms with Crippen LogP contribution in [0.1, 0.15) is 20.1 Å². The number of rotatable bonds is 2. The minimum Gasteiger partial charge on any atom is -0.491 e. The normalized spacial score (nSPS) is 13.7. The number of thiophene rings is 1. The van der Waals surface area contributed by atoms with Crippen molar-refractivity contribution < 1.29 is 9.53 Å². The molecule has 2 aromatic heterocycles. The molecule has 5 nitrogen and oxygen atoms in total. The summed E-state index contributed by atoms with van der Waals surface area (Å²) < 4.78 is 5.85. The van der Waals surface area contributed by atoms with Crippen LogP contribution in [0.3, 0.4) is 0 Å². The van der Waals surface area contributed by atoms with E-state index in [9.17, 15) is 4.79 Å². The molecular formula is C20H19N3O2S. The third-order valence-electron chi connectivity index (χ3n) is 4.40. The van der Waals surface area contributed by atoms with Crippen molar-refractivity contribution in [1.82, 2.24) is 9.88 Å². The second-order valence-corrected chi connectivity index (χ2v) is 7.57. The molecule has 0 radical (unpaired) electrons. The van der Waals surface area contributed by atoms with Gasteiger partial charge in [0.05, 0.1) is 11.4 Å². The van der Waals surface area contributed by atoms with Crippen LogP contribution in [0, 0.1) is 6.92 Å². The molecule has 0 unspecified atom stereocenters. The topological polar surface area (TPSA) is 68.5 Å². The van der Waals surface area contributed by atoms with E-state index in [0.29, 0.717) is 25.5 Å². The van der Waals surface area contributed by atoms with Gasteiger partial charge in [0, 0.05) is 28.7 Å². The van der Waals surface area contributed by atoms with E-state index >= 15 is 0 Å². The number of nitrogen functional groups attached to an aromatic ring is 1. The fourth-order valence-electron chi connectivity index (χ4n) is 3.03. The predicted octanol–water partition coefficient (Wildman–Crippen LogP) is 3.74. The number of anilines is 1. The van der Waals surface area contributed by atoms with Crippen molar-refractivity contribution in [2.45, 2.75) is 13.5 Å². The number of carbonyl (C=O) groups excluding carboxylic acids is 1. The van der Waals surface area contributed by atoms with Crippen molar-refractivity contribution in [3.63, 3.8) is 0 Å². The Morgan fingerprint density at radius 1 is 1.19 bits per heavy atom. The molecule has 3 heterocycles. The van der Waals surface area contributed by atoms with E-state index < -0.39 is 0 Å². The molecule has 6 heteroatoms. The molecule has 0 spiro atoms. The van der Waals surface area contributed by atoms with Crippen LogP contribution in [0.5, 0.6) is 5.75 Å². The standard InChI is InChI=1S/C20H19N3O2S/c1-13-2-6-18(26-13)20(24)23-8-9-25-17-5-3-14(10-16(17)12-23)15-4-7-19(21)22-11-15/h2-7,10-11H,8-9,12H2,1H3,(H2,21,22). The maximum atomic E-state index is 12.8. The van der Waals surface area contributed by atoms with Crippen molar-refractivity contribution in [2.75, 3.05) is 18.9 Å². The average molecular weight is 365 g/mol. The number of ether oxygens (including phenoxy) is 1. The number of pyridine rings is 1. The van der Waals surface area contributed by atoms with Gasteiger partial charge in [-0.25, -0.2) is 4.98 Å². The van der Waals surface area contributed by atoms with Crippen LogP contribution in [0.25, 0.3) is 11.1 Å². The zero-order chi connectivity index (χ0) is 18.1. The highest BCUT2D eigenvalue weighted by atomic mass is 32.1. The van der Waals surface area contributed by atoms with E-state index in [1.54, 1.807) is 12.3 Å². The maximum absolute atomic E-state index is 12.8. The Kier molecular flexibility index (Phi) is 4.34. The van der Waals surface area contributed by atoms with E-state index in [-0.39, 0.29) is 5.91 Å². The quantitative estimate of drug-likeness (QED) is 0.751. The number of fused-ring (bicyclic) bond motifs is 1. The summed E-state index contributed by atoms with van der Waals surface area (Å²) >= 11 is 1.53. The lowest BCUT2D eigenvalue weighted by Crippen LogP contribution is -2.31. The highest BCUT2D eigenvalue weighted by Crippen LogP contribution is 2.30. The summed E-state index contributed by atoms with van der Waals surface area (Å²) in [6.45, 7) is 3.60. The van der Waals surface area contributed by atoms with Crippen LogP contribution in [0.15, 0.2) is 48.7 Å². The summed E-state index contributed by atoms with van der Waals surface area (Å²) in [6, 6.07) is 13.6. The zero-order valence-electron chi connectivity index (χ0n) is 14.4. The Hall–Kier alpha value is -2.86. The molecule has 0 saturated heterocycles. The molecule has 0 saturated carbocycles. The molecule has 1 aliphatic rings. The molecule has 132 valence electrons. The van der Waals surface area contributed by atoms with Gasteiger partial charge < -0.3 is 15.4 Å². The van der Waals surface area contributed by atoms with Gasteiger partial charge in [0.1, 0.15) is 18.2 Å². The number of aromatic nitrogens is 1. The number of amides is 1. The van der Waals surface area contributed by atoms with Gasteiger partial charge in [-0.3, -0.25) is 4.79 Å². The van der Waals surface area contributed by atoms with Gasteiger partial charge in [-0.15, -0.1) is 11.3 Å². The monoisotopic (exact) mass is 365 g/mol. The number of hydrogen-bond donors (Lipinski definition) is 1. The van der Waals surface area contributed by atoms with E-state index in [1.807, 2.05) is 42.2 Å². The smallest absolute Gasteiger partial charge is 0.264 e. The maximum Gasteiger partial charge on any atom is 0.264 e. The number of aryl methyl sites for hydroxylation is 1. The van der Waals surface area contributed by atoms with E-state index in [2.05, 4.69) is 11.1 Å². The van der Waals surface area contributed by atoms with Gasteiger partial charge in [0.15, 0.2) is 0 Å². The number of hydrogen-bond acceptors (Lipinski definition) is 5. The van der Waals surface area contributed by atoms with Crippen LogP contribution in [-0.2, 0) is 6.54 Å². The Morgan fingerprint density at radius 3 is 2.77 bits per heavy atom. The Balaban J connectivity index is 1.63. The predicted molar refractivity (Wildman–Crippen MR) is 103 cm³/mol. The Bertz CT molecular complexity index is 950. The third kappa shape index (κ3) is 3.28. The van der Waals surface area contributed by atoms with Crippen LogP contribution in [-0.4, -0.2) is 28.9 Å². The van der Waals surface area contributed by atoms with Crippen LogP contribution in [0.2, 0.25) is 0 Å². The lowest BCUT2D eigenvalue weighted by atomic mass is 10.0. The fourth-order valence-corrected chi connectivity index (χ4v) is 3.86. The largest absolute Gasteiger partial charge is 0.491 e. The molecule has 4 rings (SSSR count). The average Bonchev–Trinajstić information content (AvgIpc) is 2.97. The number of nitrogens with zero attached hydrogens (tertiary/aromatic N) is 2. The highest BCUT2D eigenvalue weighted by Gasteiger charge is 2.22. The number of benzene rings is 1. The summed E-state index contributed by atoms with van der Waals surface area (Å²) in [4.78, 5) is 20.7. The first-order chi connectivity index (χ1) is 12.6. The van der Waals surface area contributed by atoms with Gasteiger partial charge in [-0.05, 0) is 48.9 Å². The van der Waals surface area contributed by atoms with Gasteiger partial charge in [-0.1, -0.05) is 6.07 Å². The molecule has 3 aromatic rings. The molecular weight excluding hydrogens is 346 g/mol. The molecule has 0 fully saturated rings. The first-order valence-corrected chi connectivity index (χ1v) is 9.25. The molecule has 2 N–H and O–H groups in total. The van der Waals surface area contributed by atoms with E-state index in [1.165, 1.54) is 11.3 Å². The molecule has 1 aliphatic heterocycles. The Morgan fingerprint density at radius 2 is 2.04 bits per heavy atom. The van der Waals surface area contributed by atoms with Gasteiger partial charge in [0.2, 0.25) is 0 Å². The van der Waals surface area contributed by atoms with Gasteiger partial charge in [-0.2, -0.15) is 0 Å². The number of carbonyl (C=O) groups is 1. The molecule has 1 amide bonds. The second kappa shape index (κ2) is 6.80. The lowest BCUT2D eigenvalue weighted by molar-refractivity contribution is 0.0738. The first-order valence-electron chi connectivity index (χ1n) is 8.43. The lowest BCUT2D eigenvalue weighted by Gasteiger charge is -2.19.